The van der Waals surface area contributed by atoms with Crippen molar-refractivity contribution in [1.82, 2.24) is 10.2 Å². The highest BCUT2D eigenvalue weighted by Gasteiger charge is 2.36. The van der Waals surface area contributed by atoms with E-state index >= 15 is 0 Å². The number of hydrogen-bond donors (Lipinski definition) is 2. The lowest BCUT2D eigenvalue weighted by Crippen LogP contribution is -2.44. The highest BCUT2D eigenvalue weighted by Crippen LogP contribution is 2.33. The number of hydrogen-bond acceptors (Lipinski definition) is 3. The molecule has 0 aliphatic carbocycles. The Morgan fingerprint density at radius 2 is 1.81 bits per heavy atom. The predicted molar refractivity (Wildman–Crippen MR) is 113 cm³/mol. The van der Waals surface area contributed by atoms with Crippen LogP contribution in [0.1, 0.15) is 29.5 Å². The maximum atomic E-state index is 12.6. The average molecular weight is 388 g/mol. The third-order valence-corrected chi connectivity index (χ3v) is 5.51. The average Bonchev–Trinajstić information content (AvgIpc) is 3.12. The highest BCUT2D eigenvalue weighted by molar-refractivity contribution is 5.85. The largest absolute Gasteiger partial charge is 0.351 e. The molecule has 4 nitrogen and oxygen atoms in total. The van der Waals surface area contributed by atoms with Gasteiger partial charge in [-0.1, -0.05) is 60.2 Å². The quantitative estimate of drug-likeness (QED) is 0.800. The molecule has 3 atom stereocenters. The Morgan fingerprint density at radius 3 is 2.44 bits per heavy atom. The Kier molecular flexibility index (Phi) is 7.84. The molecule has 1 aliphatic rings. The zero-order valence-corrected chi connectivity index (χ0v) is 16.9. The van der Waals surface area contributed by atoms with Crippen LogP contribution in [0.4, 0.5) is 0 Å². The van der Waals surface area contributed by atoms with Crippen LogP contribution in [0, 0.1) is 12.8 Å². The minimum Gasteiger partial charge on any atom is -0.351 e. The highest BCUT2D eigenvalue weighted by atomic mass is 35.5. The van der Waals surface area contributed by atoms with Crippen LogP contribution in [0.15, 0.2) is 54.6 Å². The Hall–Kier alpha value is -1.88. The summed E-state index contributed by atoms with van der Waals surface area (Å²) in [5.41, 5.74) is 9.69. The van der Waals surface area contributed by atoms with Gasteiger partial charge in [0.1, 0.15) is 0 Å². The second-order valence-electron chi connectivity index (χ2n) is 7.35. The Bertz CT molecular complexity index is 720. The van der Waals surface area contributed by atoms with Gasteiger partial charge in [-0.3, -0.25) is 9.69 Å². The third kappa shape index (κ3) is 5.32. The summed E-state index contributed by atoms with van der Waals surface area (Å²) in [5, 5.41) is 3.07. The first-order valence-corrected chi connectivity index (χ1v) is 9.40. The monoisotopic (exact) mass is 387 g/mol. The molecule has 1 unspecified atom stereocenters. The van der Waals surface area contributed by atoms with Crippen molar-refractivity contribution in [3.8, 4) is 0 Å². The van der Waals surface area contributed by atoms with E-state index in [-0.39, 0.29) is 24.4 Å². The smallest absolute Gasteiger partial charge is 0.237 e. The molecule has 3 N–H and O–H groups in total. The molecule has 3 rings (SSSR count). The minimum atomic E-state index is -0.150. The zero-order chi connectivity index (χ0) is 18.5. The number of aryl methyl sites for hydroxylation is 1. The summed E-state index contributed by atoms with van der Waals surface area (Å²) in [6.07, 6.45) is 0. The van der Waals surface area contributed by atoms with Crippen molar-refractivity contribution >= 4 is 18.3 Å². The summed E-state index contributed by atoms with van der Waals surface area (Å²) in [6, 6.07) is 18.6. The fourth-order valence-corrected chi connectivity index (χ4v) is 3.75. The van der Waals surface area contributed by atoms with Gasteiger partial charge < -0.3 is 11.1 Å². The third-order valence-electron chi connectivity index (χ3n) is 5.51. The molecule has 5 heteroatoms. The normalized spacial score (nSPS) is 20.7. The Morgan fingerprint density at radius 1 is 1.15 bits per heavy atom. The topological polar surface area (TPSA) is 58.4 Å². The van der Waals surface area contributed by atoms with E-state index in [1.807, 2.05) is 13.0 Å². The fraction of sp³-hybridized carbons (Fsp3) is 0.409. The van der Waals surface area contributed by atoms with Gasteiger partial charge in [-0.2, -0.15) is 0 Å². The van der Waals surface area contributed by atoms with Crippen molar-refractivity contribution in [2.24, 2.45) is 11.7 Å². The first-order chi connectivity index (χ1) is 12.6. The van der Waals surface area contributed by atoms with Crippen molar-refractivity contribution < 1.29 is 4.79 Å². The Balaban J connectivity index is 0.00000261. The van der Waals surface area contributed by atoms with Crippen LogP contribution in [0.25, 0.3) is 0 Å². The number of carbonyl (C=O) groups excluding carboxylic acids is 1. The molecule has 2 aromatic rings. The maximum absolute atomic E-state index is 12.6. The molecule has 0 saturated carbocycles. The van der Waals surface area contributed by atoms with Crippen LogP contribution >= 0.6 is 12.4 Å². The van der Waals surface area contributed by atoms with Crippen LogP contribution in [0.5, 0.6) is 0 Å². The molecule has 2 aromatic carbocycles. The fourth-order valence-electron chi connectivity index (χ4n) is 3.75. The molecule has 1 fully saturated rings. The summed E-state index contributed by atoms with van der Waals surface area (Å²) in [4.78, 5) is 14.9. The van der Waals surface area contributed by atoms with E-state index in [1.165, 1.54) is 11.1 Å². The second kappa shape index (κ2) is 9.88. The molecule has 146 valence electrons. The summed E-state index contributed by atoms with van der Waals surface area (Å²) < 4.78 is 0. The molecular weight excluding hydrogens is 358 g/mol. The lowest BCUT2D eigenvalue weighted by Gasteiger charge is -2.23. The number of carbonyl (C=O) groups is 1. The van der Waals surface area contributed by atoms with Crippen LogP contribution in [0.3, 0.4) is 0 Å². The standard InChI is InChI=1S/C22H29N3O.ClH/c1-16-8-10-18(11-9-16)13-24-22(26)17(2)25-14-20(12-23)21(15-25)19-6-4-3-5-7-19;/h3-11,17,20-21H,12-15,23H2,1-2H3,(H,24,26);1H/t17?,20-,21+;/m1./s1. The van der Waals surface area contributed by atoms with Gasteiger partial charge in [-0.05, 0) is 37.4 Å². The van der Waals surface area contributed by atoms with E-state index in [0.29, 0.717) is 24.9 Å². The number of amides is 1. The van der Waals surface area contributed by atoms with Crippen molar-refractivity contribution in [3.05, 3.63) is 71.3 Å². The number of rotatable bonds is 6. The van der Waals surface area contributed by atoms with Crippen molar-refractivity contribution in [3.63, 3.8) is 0 Å². The molecule has 1 saturated heterocycles. The van der Waals surface area contributed by atoms with E-state index in [1.54, 1.807) is 0 Å². The number of halogens is 1. The van der Waals surface area contributed by atoms with Gasteiger partial charge >= 0.3 is 0 Å². The SMILES string of the molecule is Cc1ccc(CNC(=O)C(C)N2C[C@@H](CN)[C@H](c3ccccc3)C2)cc1.Cl. The van der Waals surface area contributed by atoms with E-state index < -0.39 is 0 Å². The van der Waals surface area contributed by atoms with Crippen molar-refractivity contribution in [2.75, 3.05) is 19.6 Å². The molecule has 27 heavy (non-hydrogen) atoms. The lowest BCUT2D eigenvalue weighted by molar-refractivity contribution is -0.125. The molecular formula is C22H30ClN3O. The van der Waals surface area contributed by atoms with Gasteiger partial charge in [0.2, 0.25) is 5.91 Å². The van der Waals surface area contributed by atoms with Crippen LogP contribution in [-0.2, 0) is 11.3 Å². The van der Waals surface area contributed by atoms with E-state index in [2.05, 4.69) is 65.7 Å². The summed E-state index contributed by atoms with van der Waals surface area (Å²) in [7, 11) is 0. The van der Waals surface area contributed by atoms with E-state index in [9.17, 15) is 4.79 Å². The first-order valence-electron chi connectivity index (χ1n) is 9.40. The van der Waals surface area contributed by atoms with Gasteiger partial charge in [-0.15, -0.1) is 12.4 Å². The lowest BCUT2D eigenvalue weighted by atomic mass is 9.89. The van der Waals surface area contributed by atoms with Gasteiger partial charge in [0.15, 0.2) is 0 Å². The van der Waals surface area contributed by atoms with Gasteiger partial charge in [-0.25, -0.2) is 0 Å². The van der Waals surface area contributed by atoms with Crippen molar-refractivity contribution in [2.45, 2.75) is 32.4 Å². The number of likely N-dealkylation sites (tertiary alicyclic amines) is 1. The van der Waals surface area contributed by atoms with Crippen LogP contribution in [-0.4, -0.2) is 36.5 Å². The van der Waals surface area contributed by atoms with Gasteiger partial charge in [0.05, 0.1) is 6.04 Å². The second-order valence-corrected chi connectivity index (χ2v) is 7.35. The summed E-state index contributed by atoms with van der Waals surface area (Å²) >= 11 is 0. The molecule has 0 spiro atoms. The van der Waals surface area contributed by atoms with Gasteiger partial charge in [0, 0.05) is 25.6 Å². The maximum Gasteiger partial charge on any atom is 0.237 e. The van der Waals surface area contributed by atoms with E-state index in [4.69, 9.17) is 5.73 Å². The first kappa shape index (κ1) is 21.4. The molecule has 0 bridgehead atoms. The minimum absolute atomic E-state index is 0. The van der Waals surface area contributed by atoms with Crippen LogP contribution < -0.4 is 11.1 Å². The molecule has 0 radical (unpaired) electrons. The number of nitrogens with zero attached hydrogens (tertiary/aromatic N) is 1. The number of benzene rings is 2. The molecule has 1 heterocycles. The predicted octanol–water partition coefficient (Wildman–Crippen LogP) is 3.10. The van der Waals surface area contributed by atoms with Crippen LogP contribution in [0.2, 0.25) is 0 Å². The zero-order valence-electron chi connectivity index (χ0n) is 16.1. The number of nitrogens with one attached hydrogen (secondary N) is 1. The molecule has 1 aliphatic heterocycles. The molecule has 1 amide bonds. The van der Waals surface area contributed by atoms with Gasteiger partial charge in [0.25, 0.3) is 0 Å². The van der Waals surface area contributed by atoms with E-state index in [0.717, 1.165) is 18.7 Å². The molecule has 0 aromatic heterocycles. The summed E-state index contributed by atoms with van der Waals surface area (Å²) in [5.74, 6) is 0.869. The van der Waals surface area contributed by atoms with Crippen molar-refractivity contribution in [1.29, 1.82) is 0 Å². The summed E-state index contributed by atoms with van der Waals surface area (Å²) in [6.45, 7) is 7.02. The Labute approximate surface area is 168 Å². The number of nitrogens with two attached hydrogens (primary N) is 1.